The third-order valence-corrected chi connectivity index (χ3v) is 6.29. The van der Waals surface area contributed by atoms with Crippen LogP contribution in [0.3, 0.4) is 0 Å². The van der Waals surface area contributed by atoms with Crippen LogP contribution in [0.25, 0.3) is 0 Å². The van der Waals surface area contributed by atoms with Gasteiger partial charge in [-0.15, -0.1) is 0 Å². The molecule has 124 valence electrons. The van der Waals surface area contributed by atoms with E-state index in [-0.39, 0.29) is 0 Å². The third kappa shape index (κ3) is 3.31. The van der Waals surface area contributed by atoms with Crippen LogP contribution in [0.15, 0.2) is 16.9 Å². The molecule has 4 rings (SSSR count). The zero-order valence-electron chi connectivity index (χ0n) is 13.1. The summed E-state index contributed by atoms with van der Waals surface area (Å²) >= 11 is 9.03. The van der Waals surface area contributed by atoms with Gasteiger partial charge in [-0.25, -0.2) is 9.97 Å². The molecule has 3 aliphatic rings. The minimum absolute atomic E-state index is 0.620. The Kier molecular flexibility index (Phi) is 4.41. The predicted molar refractivity (Wildman–Crippen MR) is 98.5 cm³/mol. The smallest absolute Gasteiger partial charge is 0.225 e. The summed E-state index contributed by atoms with van der Waals surface area (Å²) in [7, 11) is 0. The lowest BCUT2D eigenvalue weighted by Gasteiger charge is -2.37. The van der Waals surface area contributed by atoms with Crippen molar-refractivity contribution in [3.05, 3.63) is 16.9 Å². The Labute approximate surface area is 151 Å². The van der Waals surface area contributed by atoms with Crippen molar-refractivity contribution in [2.24, 2.45) is 11.8 Å². The fraction of sp³-hybridized carbons (Fsp3) is 0.688. The summed E-state index contributed by atoms with van der Waals surface area (Å²) < 4.78 is 0.913. The number of fused-ring (bicyclic) bond motifs is 2. The molecule has 23 heavy (non-hydrogen) atoms. The first-order chi connectivity index (χ1) is 11.2. The highest BCUT2D eigenvalue weighted by atomic mass is 79.9. The van der Waals surface area contributed by atoms with Gasteiger partial charge in [0.1, 0.15) is 0 Å². The number of thiocarbonyl (C=S) groups is 1. The molecule has 1 aromatic rings. The van der Waals surface area contributed by atoms with Gasteiger partial charge in [0, 0.05) is 44.6 Å². The van der Waals surface area contributed by atoms with Crippen molar-refractivity contribution in [2.75, 3.05) is 31.1 Å². The molecule has 3 fully saturated rings. The van der Waals surface area contributed by atoms with Crippen molar-refractivity contribution in [1.29, 1.82) is 0 Å². The Balaban J connectivity index is 1.29. The lowest BCUT2D eigenvalue weighted by atomic mass is 9.95. The Morgan fingerprint density at radius 1 is 1.13 bits per heavy atom. The van der Waals surface area contributed by atoms with Gasteiger partial charge < -0.3 is 15.1 Å². The maximum Gasteiger partial charge on any atom is 0.225 e. The monoisotopic (exact) mass is 395 g/mol. The summed E-state index contributed by atoms with van der Waals surface area (Å²) in [6.45, 7) is 3.71. The largest absolute Gasteiger partial charge is 0.360 e. The van der Waals surface area contributed by atoms with E-state index in [0.29, 0.717) is 6.04 Å². The van der Waals surface area contributed by atoms with Gasteiger partial charge in [0.05, 0.1) is 4.47 Å². The molecular weight excluding hydrogens is 374 g/mol. The summed E-state index contributed by atoms with van der Waals surface area (Å²) in [5.41, 5.74) is 0. The van der Waals surface area contributed by atoms with Crippen molar-refractivity contribution in [3.8, 4) is 0 Å². The summed E-state index contributed by atoms with van der Waals surface area (Å²) in [6, 6.07) is 0.620. The first-order valence-corrected chi connectivity index (χ1v) is 9.67. The number of piperazine rings is 1. The summed E-state index contributed by atoms with van der Waals surface area (Å²) in [5, 5.41) is 4.59. The van der Waals surface area contributed by atoms with Gasteiger partial charge in [0.25, 0.3) is 0 Å². The molecule has 3 unspecified atom stereocenters. The van der Waals surface area contributed by atoms with E-state index >= 15 is 0 Å². The van der Waals surface area contributed by atoms with E-state index in [9.17, 15) is 0 Å². The van der Waals surface area contributed by atoms with Crippen LogP contribution in [-0.4, -0.2) is 52.2 Å². The molecule has 5 nitrogen and oxygen atoms in total. The predicted octanol–water partition coefficient (Wildman–Crippen LogP) is 2.42. The van der Waals surface area contributed by atoms with Gasteiger partial charge >= 0.3 is 0 Å². The van der Waals surface area contributed by atoms with E-state index in [0.717, 1.165) is 53.5 Å². The van der Waals surface area contributed by atoms with Crippen LogP contribution < -0.4 is 10.2 Å². The second-order valence-electron chi connectivity index (χ2n) is 6.91. The quantitative estimate of drug-likeness (QED) is 0.775. The average molecular weight is 396 g/mol. The molecule has 0 aromatic carbocycles. The number of aromatic nitrogens is 2. The Bertz CT molecular complexity index is 572. The van der Waals surface area contributed by atoms with Crippen molar-refractivity contribution < 1.29 is 0 Å². The highest BCUT2D eigenvalue weighted by Crippen LogP contribution is 2.44. The molecule has 2 heterocycles. The Morgan fingerprint density at radius 3 is 2.48 bits per heavy atom. The van der Waals surface area contributed by atoms with Crippen molar-refractivity contribution >= 4 is 39.2 Å². The fourth-order valence-electron chi connectivity index (χ4n) is 4.25. The zero-order chi connectivity index (χ0) is 15.8. The number of nitrogens with one attached hydrogen (secondary N) is 1. The summed E-state index contributed by atoms with van der Waals surface area (Å²) in [6.07, 6.45) is 9.15. The van der Waals surface area contributed by atoms with Crippen LogP contribution in [-0.2, 0) is 0 Å². The molecule has 1 N–H and O–H groups in total. The number of anilines is 1. The van der Waals surface area contributed by atoms with Crippen LogP contribution >= 0.6 is 28.1 Å². The molecular formula is C16H22BrN5S. The van der Waals surface area contributed by atoms with Crippen LogP contribution in [0.5, 0.6) is 0 Å². The molecule has 0 amide bonds. The molecule has 0 radical (unpaired) electrons. The molecule has 1 aromatic heterocycles. The number of rotatable bonds is 2. The normalized spacial score (nSPS) is 29.9. The highest BCUT2D eigenvalue weighted by molar-refractivity contribution is 9.10. The lowest BCUT2D eigenvalue weighted by molar-refractivity contribution is 0.344. The van der Waals surface area contributed by atoms with Crippen LogP contribution in [0.2, 0.25) is 0 Å². The SMILES string of the molecule is S=C(NC1CC2CCC1C2)N1CCN(c2ncc(Br)cn2)CC1. The van der Waals surface area contributed by atoms with Gasteiger partial charge in [-0.3, -0.25) is 0 Å². The number of hydrogen-bond donors (Lipinski definition) is 1. The molecule has 7 heteroatoms. The number of nitrogens with zero attached hydrogens (tertiary/aromatic N) is 4. The minimum atomic E-state index is 0.620. The minimum Gasteiger partial charge on any atom is -0.360 e. The van der Waals surface area contributed by atoms with E-state index in [1.807, 2.05) is 0 Å². The van der Waals surface area contributed by atoms with Gasteiger partial charge in [0.15, 0.2) is 5.11 Å². The molecule has 2 bridgehead atoms. The van der Waals surface area contributed by atoms with E-state index in [2.05, 4.69) is 41.0 Å². The average Bonchev–Trinajstić information content (AvgIpc) is 3.18. The Hall–Kier alpha value is -0.950. The summed E-state index contributed by atoms with van der Waals surface area (Å²) in [4.78, 5) is 13.3. The van der Waals surface area contributed by atoms with E-state index in [1.165, 1.54) is 25.7 Å². The molecule has 0 spiro atoms. The number of halogens is 1. The van der Waals surface area contributed by atoms with Crippen molar-refractivity contribution in [1.82, 2.24) is 20.2 Å². The van der Waals surface area contributed by atoms with E-state index < -0.39 is 0 Å². The second-order valence-corrected chi connectivity index (χ2v) is 8.21. The summed E-state index contributed by atoms with van der Waals surface area (Å²) in [5.74, 6) is 2.61. The molecule has 2 aliphatic carbocycles. The molecule has 1 aliphatic heterocycles. The Morgan fingerprint density at radius 2 is 1.87 bits per heavy atom. The van der Waals surface area contributed by atoms with Gasteiger partial charge in [-0.05, 0) is 59.2 Å². The van der Waals surface area contributed by atoms with Crippen LogP contribution in [0, 0.1) is 11.8 Å². The maximum absolute atomic E-state index is 5.66. The zero-order valence-corrected chi connectivity index (χ0v) is 15.5. The van der Waals surface area contributed by atoms with Crippen LogP contribution in [0.4, 0.5) is 5.95 Å². The topological polar surface area (TPSA) is 44.3 Å². The van der Waals surface area contributed by atoms with Gasteiger partial charge in [-0.2, -0.15) is 0 Å². The van der Waals surface area contributed by atoms with E-state index in [1.54, 1.807) is 12.4 Å². The maximum atomic E-state index is 5.66. The van der Waals surface area contributed by atoms with Crippen molar-refractivity contribution in [2.45, 2.75) is 31.7 Å². The molecule has 1 saturated heterocycles. The van der Waals surface area contributed by atoms with Crippen LogP contribution in [0.1, 0.15) is 25.7 Å². The van der Waals surface area contributed by atoms with Crippen molar-refractivity contribution in [3.63, 3.8) is 0 Å². The highest BCUT2D eigenvalue weighted by Gasteiger charge is 2.40. The lowest BCUT2D eigenvalue weighted by Crippen LogP contribution is -2.54. The number of hydrogen-bond acceptors (Lipinski definition) is 4. The first-order valence-electron chi connectivity index (χ1n) is 8.47. The van der Waals surface area contributed by atoms with Gasteiger partial charge in [-0.1, -0.05) is 6.42 Å². The first kappa shape index (κ1) is 15.6. The molecule has 2 saturated carbocycles. The third-order valence-electron chi connectivity index (χ3n) is 5.50. The van der Waals surface area contributed by atoms with Gasteiger partial charge in [0.2, 0.25) is 5.95 Å². The fourth-order valence-corrected chi connectivity index (χ4v) is 4.79. The molecule has 3 atom stereocenters. The second kappa shape index (κ2) is 6.51. The standard InChI is InChI=1S/C16H22BrN5S/c17-13-9-18-15(19-10-13)21-3-5-22(6-4-21)16(23)20-14-8-11-1-2-12(14)7-11/h9-12,14H,1-8H2,(H,20,23). The van der Waals surface area contributed by atoms with E-state index in [4.69, 9.17) is 12.2 Å².